The van der Waals surface area contributed by atoms with Crippen LogP contribution in [0.2, 0.25) is 0 Å². The molecule has 0 aromatic carbocycles. The van der Waals surface area contributed by atoms with E-state index < -0.39 is 15.4 Å². The topological polar surface area (TPSA) is 54.5 Å². The summed E-state index contributed by atoms with van der Waals surface area (Å²) in [7, 11) is -0.188. The molecule has 0 unspecified atom stereocenters. The van der Waals surface area contributed by atoms with Gasteiger partial charge in [-0.1, -0.05) is 13.8 Å². The van der Waals surface area contributed by atoms with E-state index in [0.717, 1.165) is 6.29 Å². The van der Waals surface area contributed by atoms with Crippen LogP contribution in [0.5, 0.6) is 0 Å². The average Bonchev–Trinajstić information content (AvgIpc) is 2.01. The largest absolute Gasteiger partial charge is 0.303 e. The molecule has 78 valence electrons. The third-order valence-electron chi connectivity index (χ3n) is 1.88. The van der Waals surface area contributed by atoms with Crippen LogP contribution >= 0.6 is 0 Å². The average molecular weight is 207 g/mol. The summed E-state index contributed by atoms with van der Waals surface area (Å²) in [5.41, 5.74) is -0.552. The number of carbonyl (C=O) groups is 1. The molecule has 0 atom stereocenters. The molecular formula is C8H17NO3S. The molecule has 0 aliphatic rings. The van der Waals surface area contributed by atoms with Crippen LogP contribution in [0.15, 0.2) is 0 Å². The zero-order valence-electron chi connectivity index (χ0n) is 8.57. The molecule has 0 fully saturated rings. The predicted octanol–water partition coefficient (Wildman–Crippen LogP) is 0.493. The lowest BCUT2D eigenvalue weighted by Crippen LogP contribution is -2.28. The van der Waals surface area contributed by atoms with Gasteiger partial charge in [0.15, 0.2) is 0 Å². The zero-order valence-corrected chi connectivity index (χ0v) is 9.39. The normalized spacial score (nSPS) is 13.3. The van der Waals surface area contributed by atoms with Crippen LogP contribution in [0.3, 0.4) is 0 Å². The van der Waals surface area contributed by atoms with Gasteiger partial charge in [-0.15, -0.1) is 0 Å². The van der Waals surface area contributed by atoms with Gasteiger partial charge >= 0.3 is 0 Å². The number of nitrogens with zero attached hydrogens (tertiary/aromatic N) is 1. The fourth-order valence-electron chi connectivity index (χ4n) is 0.634. The highest BCUT2D eigenvalue weighted by Crippen LogP contribution is 2.17. The Morgan fingerprint density at radius 1 is 1.31 bits per heavy atom. The summed E-state index contributed by atoms with van der Waals surface area (Å²) in [6, 6.07) is 0. The predicted molar refractivity (Wildman–Crippen MR) is 51.9 cm³/mol. The van der Waals surface area contributed by atoms with Crippen molar-refractivity contribution in [2.24, 2.45) is 5.41 Å². The van der Waals surface area contributed by atoms with Crippen LogP contribution in [-0.2, 0) is 14.8 Å². The van der Waals surface area contributed by atoms with E-state index >= 15 is 0 Å². The molecule has 0 saturated carbocycles. The molecule has 0 aliphatic heterocycles. The van der Waals surface area contributed by atoms with Crippen molar-refractivity contribution in [1.29, 1.82) is 0 Å². The van der Waals surface area contributed by atoms with Gasteiger partial charge in [-0.3, -0.25) is 0 Å². The Hall–Kier alpha value is -0.420. The second-order valence-electron chi connectivity index (χ2n) is 3.95. The van der Waals surface area contributed by atoms with Crippen molar-refractivity contribution < 1.29 is 13.2 Å². The molecule has 0 spiro atoms. The first-order chi connectivity index (χ1) is 5.71. The van der Waals surface area contributed by atoms with E-state index in [0.29, 0.717) is 6.42 Å². The molecule has 0 aromatic rings. The van der Waals surface area contributed by atoms with E-state index in [2.05, 4.69) is 0 Å². The lowest BCUT2D eigenvalue weighted by molar-refractivity contribution is -0.114. The SMILES string of the molecule is CN(C)S(=O)(=O)CCC(C)(C)C=O. The molecule has 0 bridgehead atoms. The van der Waals surface area contributed by atoms with Gasteiger partial charge in [-0.2, -0.15) is 0 Å². The van der Waals surface area contributed by atoms with Gasteiger partial charge < -0.3 is 4.79 Å². The van der Waals surface area contributed by atoms with Crippen molar-refractivity contribution in [2.75, 3.05) is 19.8 Å². The molecule has 0 N–H and O–H groups in total. The van der Waals surface area contributed by atoms with Crippen molar-refractivity contribution in [2.45, 2.75) is 20.3 Å². The highest BCUT2D eigenvalue weighted by molar-refractivity contribution is 7.89. The van der Waals surface area contributed by atoms with Crippen molar-refractivity contribution in [3.05, 3.63) is 0 Å². The summed E-state index contributed by atoms with van der Waals surface area (Å²) in [6.07, 6.45) is 1.15. The third kappa shape index (κ3) is 4.38. The lowest BCUT2D eigenvalue weighted by Gasteiger charge is -2.18. The van der Waals surface area contributed by atoms with Crippen molar-refractivity contribution in [3.8, 4) is 0 Å². The van der Waals surface area contributed by atoms with Crippen molar-refractivity contribution in [1.82, 2.24) is 4.31 Å². The number of hydrogen-bond donors (Lipinski definition) is 0. The number of hydrogen-bond acceptors (Lipinski definition) is 3. The van der Waals surface area contributed by atoms with E-state index in [1.807, 2.05) is 0 Å². The molecule has 0 rings (SSSR count). The number of aldehydes is 1. The van der Waals surface area contributed by atoms with Gasteiger partial charge in [-0.05, 0) is 6.42 Å². The quantitative estimate of drug-likeness (QED) is 0.617. The molecule has 0 amide bonds. The van der Waals surface area contributed by atoms with Crippen molar-refractivity contribution in [3.63, 3.8) is 0 Å². The number of sulfonamides is 1. The maximum Gasteiger partial charge on any atom is 0.213 e. The van der Waals surface area contributed by atoms with Gasteiger partial charge in [0.1, 0.15) is 6.29 Å². The van der Waals surface area contributed by atoms with Gasteiger partial charge in [-0.25, -0.2) is 12.7 Å². The van der Waals surface area contributed by atoms with E-state index in [1.165, 1.54) is 18.4 Å². The first kappa shape index (κ1) is 12.6. The smallest absolute Gasteiger partial charge is 0.213 e. The summed E-state index contributed by atoms with van der Waals surface area (Å²) in [5.74, 6) is 0.0196. The number of carbonyl (C=O) groups excluding carboxylic acids is 1. The Labute approximate surface area is 80.0 Å². The molecule has 5 heteroatoms. The van der Waals surface area contributed by atoms with Gasteiger partial charge in [0, 0.05) is 19.5 Å². The Morgan fingerprint density at radius 2 is 1.77 bits per heavy atom. The highest BCUT2D eigenvalue weighted by Gasteiger charge is 2.22. The first-order valence-electron chi connectivity index (χ1n) is 4.08. The van der Waals surface area contributed by atoms with Gasteiger partial charge in [0.25, 0.3) is 0 Å². The van der Waals surface area contributed by atoms with E-state index in [-0.39, 0.29) is 5.75 Å². The second-order valence-corrected chi connectivity index (χ2v) is 6.26. The number of rotatable bonds is 5. The summed E-state index contributed by atoms with van der Waals surface area (Å²) in [6.45, 7) is 3.45. The molecule has 0 heterocycles. The molecule has 4 nitrogen and oxygen atoms in total. The highest BCUT2D eigenvalue weighted by atomic mass is 32.2. The lowest BCUT2D eigenvalue weighted by atomic mass is 9.93. The van der Waals surface area contributed by atoms with Crippen LogP contribution in [0.4, 0.5) is 0 Å². The monoisotopic (exact) mass is 207 g/mol. The molecule has 0 aromatic heterocycles. The van der Waals surface area contributed by atoms with E-state index in [4.69, 9.17) is 0 Å². The minimum Gasteiger partial charge on any atom is -0.303 e. The molecule has 0 aliphatic carbocycles. The Morgan fingerprint density at radius 3 is 2.08 bits per heavy atom. The van der Waals surface area contributed by atoms with E-state index in [9.17, 15) is 13.2 Å². The van der Waals surface area contributed by atoms with Crippen molar-refractivity contribution >= 4 is 16.3 Å². The zero-order chi connectivity index (χ0) is 10.7. The summed E-state index contributed by atoms with van der Waals surface area (Å²) < 4.78 is 23.8. The van der Waals surface area contributed by atoms with Crippen LogP contribution in [-0.4, -0.2) is 38.9 Å². The standard InChI is InChI=1S/C8H17NO3S/c1-8(2,7-10)5-6-13(11,12)9(3)4/h7H,5-6H2,1-4H3. The maximum absolute atomic E-state index is 11.3. The molecular weight excluding hydrogens is 190 g/mol. The van der Waals surface area contributed by atoms with Crippen LogP contribution < -0.4 is 0 Å². The minimum absolute atomic E-state index is 0.0196. The summed E-state index contributed by atoms with van der Waals surface area (Å²) in [5, 5.41) is 0. The minimum atomic E-state index is -3.17. The first-order valence-corrected chi connectivity index (χ1v) is 5.69. The van der Waals surface area contributed by atoms with Gasteiger partial charge in [0.05, 0.1) is 5.75 Å². The van der Waals surface area contributed by atoms with Gasteiger partial charge in [0.2, 0.25) is 10.0 Å². The summed E-state index contributed by atoms with van der Waals surface area (Å²) >= 11 is 0. The third-order valence-corrected chi connectivity index (χ3v) is 3.71. The van der Waals surface area contributed by atoms with Crippen LogP contribution in [0, 0.1) is 5.41 Å². The molecule has 0 radical (unpaired) electrons. The fraction of sp³-hybridized carbons (Fsp3) is 0.875. The maximum atomic E-state index is 11.3. The van der Waals surface area contributed by atoms with Crippen LogP contribution in [0.1, 0.15) is 20.3 Å². The second kappa shape index (κ2) is 4.19. The molecule has 0 saturated heterocycles. The van der Waals surface area contributed by atoms with Crippen LogP contribution in [0.25, 0.3) is 0 Å². The fourth-order valence-corrected chi connectivity index (χ4v) is 1.78. The Bertz CT molecular complexity index is 267. The molecule has 13 heavy (non-hydrogen) atoms. The summed E-state index contributed by atoms with van der Waals surface area (Å²) in [4.78, 5) is 10.5. The van der Waals surface area contributed by atoms with E-state index in [1.54, 1.807) is 13.8 Å². The Kier molecular flexibility index (Phi) is 4.06. The Balaban J connectivity index is 4.27.